The highest BCUT2D eigenvalue weighted by Gasteiger charge is 2.45. The minimum absolute atomic E-state index is 0.247. The predicted molar refractivity (Wildman–Crippen MR) is 52.2 cm³/mol. The highest BCUT2D eigenvalue weighted by Crippen LogP contribution is 2.28. The molecule has 1 fully saturated rings. The van der Waals surface area contributed by atoms with Gasteiger partial charge in [0, 0.05) is 13.1 Å². The summed E-state index contributed by atoms with van der Waals surface area (Å²) in [5.74, 6) is -1.32. The van der Waals surface area contributed by atoms with Crippen molar-refractivity contribution in [1.82, 2.24) is 4.90 Å². The van der Waals surface area contributed by atoms with Gasteiger partial charge >= 0.3 is 5.97 Å². The normalized spacial score (nSPS) is 30.2. The molecule has 2 unspecified atom stereocenters. The number of hydrogen-bond donors (Lipinski definition) is 2. The Morgan fingerprint density at radius 2 is 2.27 bits per heavy atom. The lowest BCUT2D eigenvalue weighted by atomic mass is 9.84. The molecule has 0 radical (unpaired) electrons. The van der Waals surface area contributed by atoms with Gasteiger partial charge in [-0.25, -0.2) is 0 Å². The van der Waals surface area contributed by atoms with Crippen LogP contribution in [0.25, 0.3) is 0 Å². The molecule has 0 aromatic carbocycles. The summed E-state index contributed by atoms with van der Waals surface area (Å²) in [6.07, 6.45) is 0. The Balaban J connectivity index is 2.70. The Morgan fingerprint density at radius 1 is 1.67 bits per heavy atom. The molecule has 6 heteroatoms. The second-order valence-corrected chi connectivity index (χ2v) is 4.09. The highest BCUT2D eigenvalue weighted by atomic mass is 16.5. The van der Waals surface area contributed by atoms with E-state index in [0.717, 1.165) is 4.90 Å². The Morgan fingerprint density at radius 3 is 2.67 bits per heavy atom. The van der Waals surface area contributed by atoms with Crippen LogP contribution in [0.3, 0.4) is 0 Å². The highest BCUT2D eigenvalue weighted by molar-refractivity contribution is 5.86. The van der Waals surface area contributed by atoms with E-state index in [9.17, 15) is 9.59 Å². The summed E-state index contributed by atoms with van der Waals surface area (Å²) >= 11 is 0. The van der Waals surface area contributed by atoms with Crippen LogP contribution in [0.2, 0.25) is 0 Å². The zero-order valence-corrected chi connectivity index (χ0v) is 8.90. The second-order valence-electron chi connectivity index (χ2n) is 4.09. The number of carbonyl (C=O) groups is 2. The molecule has 1 rings (SSSR count). The summed E-state index contributed by atoms with van der Waals surface area (Å²) in [5.41, 5.74) is 4.96. The summed E-state index contributed by atoms with van der Waals surface area (Å²) in [4.78, 5) is 23.5. The molecular formula is C9H16N2O4. The Kier molecular flexibility index (Phi) is 3.31. The van der Waals surface area contributed by atoms with E-state index in [2.05, 4.69) is 0 Å². The molecule has 1 heterocycles. The molecule has 2 atom stereocenters. The van der Waals surface area contributed by atoms with Crippen molar-refractivity contribution in [2.45, 2.75) is 13.0 Å². The molecule has 1 saturated heterocycles. The molecule has 0 saturated carbocycles. The minimum atomic E-state index is -1.04. The molecule has 1 aliphatic heterocycles. The van der Waals surface area contributed by atoms with Gasteiger partial charge in [-0.15, -0.1) is 0 Å². The van der Waals surface area contributed by atoms with E-state index in [1.807, 2.05) is 0 Å². The first-order valence-corrected chi connectivity index (χ1v) is 4.68. The molecule has 1 aliphatic rings. The standard InChI is InChI=1S/C9H16N2O4/c1-9(5-15-4-6(9)10)8(14)11(2)3-7(12)13/h6H,3-5,10H2,1-2H3,(H,12,13). The van der Waals surface area contributed by atoms with Crippen LogP contribution < -0.4 is 5.73 Å². The lowest BCUT2D eigenvalue weighted by Gasteiger charge is -2.29. The second kappa shape index (κ2) is 4.16. The molecule has 0 aromatic heterocycles. The van der Waals surface area contributed by atoms with Crippen LogP contribution in [0.1, 0.15) is 6.92 Å². The number of likely N-dealkylation sites (N-methyl/N-ethyl adjacent to an activating group) is 1. The summed E-state index contributed by atoms with van der Waals surface area (Å²) in [6, 6.07) is -0.374. The number of nitrogens with zero attached hydrogens (tertiary/aromatic N) is 1. The van der Waals surface area contributed by atoms with Gasteiger partial charge in [0.25, 0.3) is 0 Å². The van der Waals surface area contributed by atoms with Crippen molar-refractivity contribution < 1.29 is 19.4 Å². The number of rotatable bonds is 3. The van der Waals surface area contributed by atoms with Crippen molar-refractivity contribution in [2.75, 3.05) is 26.8 Å². The van der Waals surface area contributed by atoms with E-state index in [0.29, 0.717) is 6.61 Å². The van der Waals surface area contributed by atoms with E-state index in [4.69, 9.17) is 15.6 Å². The van der Waals surface area contributed by atoms with Gasteiger partial charge in [0.05, 0.1) is 18.6 Å². The van der Waals surface area contributed by atoms with Gasteiger partial charge in [-0.2, -0.15) is 0 Å². The van der Waals surface area contributed by atoms with Crippen LogP contribution >= 0.6 is 0 Å². The fourth-order valence-electron chi connectivity index (χ4n) is 1.62. The Labute approximate surface area is 88.0 Å². The maximum absolute atomic E-state index is 11.9. The number of ether oxygens (including phenoxy) is 1. The molecule has 0 bridgehead atoms. The Bertz CT molecular complexity index is 281. The number of carbonyl (C=O) groups excluding carboxylic acids is 1. The van der Waals surface area contributed by atoms with E-state index >= 15 is 0 Å². The third-order valence-corrected chi connectivity index (χ3v) is 2.73. The number of carboxylic acids is 1. The van der Waals surface area contributed by atoms with Gasteiger partial charge < -0.3 is 20.5 Å². The summed E-state index contributed by atoms with van der Waals surface area (Å²) in [7, 11) is 1.45. The Hall–Kier alpha value is -1.14. The van der Waals surface area contributed by atoms with Gasteiger partial charge in [0.1, 0.15) is 6.54 Å². The van der Waals surface area contributed by atoms with E-state index in [1.54, 1.807) is 6.92 Å². The van der Waals surface area contributed by atoms with Crippen LogP contribution in [0.5, 0.6) is 0 Å². The van der Waals surface area contributed by atoms with Gasteiger partial charge in [-0.3, -0.25) is 9.59 Å². The molecule has 15 heavy (non-hydrogen) atoms. The molecule has 0 spiro atoms. The van der Waals surface area contributed by atoms with Crippen molar-refractivity contribution in [1.29, 1.82) is 0 Å². The number of amides is 1. The zero-order valence-electron chi connectivity index (χ0n) is 8.90. The van der Waals surface area contributed by atoms with E-state index in [-0.39, 0.29) is 25.1 Å². The largest absolute Gasteiger partial charge is 0.480 e. The van der Waals surface area contributed by atoms with Crippen molar-refractivity contribution >= 4 is 11.9 Å². The molecule has 0 aliphatic carbocycles. The maximum Gasteiger partial charge on any atom is 0.323 e. The summed E-state index contributed by atoms with van der Waals surface area (Å²) in [5, 5.41) is 8.57. The van der Waals surface area contributed by atoms with Gasteiger partial charge in [-0.05, 0) is 6.92 Å². The first kappa shape index (κ1) is 11.9. The first-order valence-electron chi connectivity index (χ1n) is 4.68. The maximum atomic E-state index is 11.9. The predicted octanol–water partition coefficient (Wildman–Crippen LogP) is -1.11. The molecule has 3 N–H and O–H groups in total. The number of aliphatic carboxylic acids is 1. The minimum Gasteiger partial charge on any atom is -0.480 e. The van der Waals surface area contributed by atoms with Crippen LogP contribution in [-0.2, 0) is 14.3 Å². The van der Waals surface area contributed by atoms with Gasteiger partial charge in [-0.1, -0.05) is 0 Å². The fraction of sp³-hybridized carbons (Fsp3) is 0.778. The first-order chi connectivity index (χ1) is 6.88. The molecular weight excluding hydrogens is 200 g/mol. The average Bonchev–Trinajstić information content (AvgIpc) is 2.46. The van der Waals surface area contributed by atoms with Crippen molar-refractivity contribution in [3.05, 3.63) is 0 Å². The monoisotopic (exact) mass is 216 g/mol. The van der Waals surface area contributed by atoms with Gasteiger partial charge in [0.15, 0.2) is 0 Å². The van der Waals surface area contributed by atoms with Crippen molar-refractivity contribution in [3.8, 4) is 0 Å². The van der Waals surface area contributed by atoms with Crippen LogP contribution in [0.4, 0.5) is 0 Å². The zero-order chi connectivity index (χ0) is 11.6. The van der Waals surface area contributed by atoms with E-state index < -0.39 is 11.4 Å². The quantitative estimate of drug-likeness (QED) is 0.624. The number of nitrogens with two attached hydrogens (primary N) is 1. The topological polar surface area (TPSA) is 92.9 Å². The summed E-state index contributed by atoms with van der Waals surface area (Å²) in [6.45, 7) is 1.96. The third-order valence-electron chi connectivity index (χ3n) is 2.73. The SMILES string of the molecule is CN(CC(=O)O)C(=O)C1(C)COCC1N. The van der Waals surface area contributed by atoms with Crippen LogP contribution in [-0.4, -0.2) is 54.7 Å². The van der Waals surface area contributed by atoms with E-state index in [1.165, 1.54) is 7.05 Å². The number of carboxylic acid groups (broad SMARTS) is 1. The lowest BCUT2D eigenvalue weighted by molar-refractivity contribution is -0.148. The molecule has 6 nitrogen and oxygen atoms in total. The van der Waals surface area contributed by atoms with Crippen LogP contribution in [0.15, 0.2) is 0 Å². The number of hydrogen-bond acceptors (Lipinski definition) is 4. The third kappa shape index (κ3) is 2.27. The molecule has 0 aromatic rings. The van der Waals surface area contributed by atoms with Crippen molar-refractivity contribution in [3.63, 3.8) is 0 Å². The van der Waals surface area contributed by atoms with Gasteiger partial charge in [0.2, 0.25) is 5.91 Å². The average molecular weight is 216 g/mol. The smallest absolute Gasteiger partial charge is 0.323 e. The fourth-order valence-corrected chi connectivity index (χ4v) is 1.62. The lowest BCUT2D eigenvalue weighted by Crippen LogP contribution is -2.51. The van der Waals surface area contributed by atoms with Crippen molar-refractivity contribution in [2.24, 2.45) is 11.1 Å². The molecule has 1 amide bonds. The molecule has 86 valence electrons. The summed E-state index contributed by atoms with van der Waals surface area (Å²) < 4.78 is 5.13. The van der Waals surface area contributed by atoms with Crippen LogP contribution in [0, 0.1) is 5.41 Å².